The van der Waals surface area contributed by atoms with Crippen LogP contribution in [-0.2, 0) is 9.47 Å². The fourth-order valence-corrected chi connectivity index (χ4v) is 2.16. The molecule has 0 aromatic heterocycles. The molecule has 1 saturated heterocycles. The van der Waals surface area contributed by atoms with E-state index in [0.29, 0.717) is 31.4 Å². The van der Waals surface area contributed by atoms with Crippen molar-refractivity contribution >= 4 is 15.9 Å². The molecule has 1 atom stereocenters. The maximum absolute atomic E-state index is 12.3. The molecule has 2 nitrogen and oxygen atoms in total. The Morgan fingerprint density at radius 2 is 1.93 bits per heavy atom. The number of hydrogen-bond donors (Lipinski definition) is 0. The van der Waals surface area contributed by atoms with Crippen LogP contribution in [-0.4, -0.2) is 36.4 Å². The molecule has 0 aliphatic carbocycles. The van der Waals surface area contributed by atoms with Gasteiger partial charge in [-0.05, 0) is 6.92 Å². The Bertz CT molecular complexity index is 202. The maximum atomic E-state index is 12.3. The zero-order valence-electron chi connectivity index (χ0n) is 8.44. The minimum atomic E-state index is -4.30. The largest absolute Gasteiger partial charge is 0.414 e. The normalized spacial score (nSPS) is 23.8. The molecule has 0 spiro atoms. The molecular weight excluding hydrogens is 277 g/mol. The van der Waals surface area contributed by atoms with Crippen LogP contribution in [0.15, 0.2) is 0 Å². The molecule has 1 unspecified atom stereocenters. The van der Waals surface area contributed by atoms with Gasteiger partial charge in [0.25, 0.3) is 0 Å². The number of alkyl halides is 4. The van der Waals surface area contributed by atoms with E-state index in [1.165, 1.54) is 0 Å². The van der Waals surface area contributed by atoms with E-state index in [2.05, 4.69) is 15.9 Å². The molecule has 0 radical (unpaired) electrons. The monoisotopic (exact) mass is 290 g/mol. The molecule has 1 aliphatic heterocycles. The van der Waals surface area contributed by atoms with Crippen LogP contribution in [0, 0.1) is 0 Å². The van der Waals surface area contributed by atoms with Gasteiger partial charge in [0.1, 0.15) is 0 Å². The zero-order valence-corrected chi connectivity index (χ0v) is 10.0. The smallest absolute Gasteiger partial charge is 0.381 e. The van der Waals surface area contributed by atoms with Crippen LogP contribution in [0.3, 0.4) is 0 Å². The molecule has 0 aromatic carbocycles. The van der Waals surface area contributed by atoms with Crippen LogP contribution in [0.25, 0.3) is 0 Å². The lowest BCUT2D eigenvalue weighted by molar-refractivity contribution is -0.252. The first kappa shape index (κ1) is 13.3. The van der Waals surface area contributed by atoms with Crippen molar-refractivity contribution in [1.82, 2.24) is 0 Å². The van der Waals surface area contributed by atoms with Gasteiger partial charge in [-0.15, -0.1) is 0 Å². The molecule has 0 amide bonds. The van der Waals surface area contributed by atoms with Crippen molar-refractivity contribution in [3.8, 4) is 0 Å². The Morgan fingerprint density at radius 3 is 2.33 bits per heavy atom. The summed E-state index contributed by atoms with van der Waals surface area (Å²) in [5, 5.41) is 0.407. The molecule has 0 saturated carbocycles. The summed E-state index contributed by atoms with van der Waals surface area (Å²) >= 11 is 3.22. The van der Waals surface area contributed by atoms with Crippen LogP contribution in [0.4, 0.5) is 13.2 Å². The second-order valence-corrected chi connectivity index (χ2v) is 4.29. The van der Waals surface area contributed by atoms with Gasteiger partial charge in [0.15, 0.2) is 6.10 Å². The van der Waals surface area contributed by atoms with Crippen molar-refractivity contribution in [2.24, 2.45) is 0 Å². The van der Waals surface area contributed by atoms with Crippen LogP contribution < -0.4 is 0 Å². The van der Waals surface area contributed by atoms with E-state index in [0.717, 1.165) is 6.92 Å². The van der Waals surface area contributed by atoms with Crippen molar-refractivity contribution in [2.75, 3.05) is 18.5 Å². The van der Waals surface area contributed by atoms with E-state index < -0.39 is 17.9 Å². The fourth-order valence-electron chi connectivity index (χ4n) is 1.47. The molecular formula is C9H14BrF3O2. The Morgan fingerprint density at radius 1 is 1.40 bits per heavy atom. The first-order valence-corrected chi connectivity index (χ1v) is 5.90. The summed E-state index contributed by atoms with van der Waals surface area (Å²) in [6, 6.07) is 0. The van der Waals surface area contributed by atoms with E-state index in [4.69, 9.17) is 9.47 Å². The quantitative estimate of drug-likeness (QED) is 0.744. The second kappa shape index (κ2) is 5.01. The SMILES string of the molecule is CC(OC1(CBr)CCOCC1)C(F)(F)F. The summed E-state index contributed by atoms with van der Waals surface area (Å²) in [4.78, 5) is 0. The van der Waals surface area contributed by atoms with Gasteiger partial charge in [0.05, 0.1) is 5.60 Å². The lowest BCUT2D eigenvalue weighted by Gasteiger charge is -2.38. The average molecular weight is 291 g/mol. The molecule has 1 rings (SSSR count). The van der Waals surface area contributed by atoms with Gasteiger partial charge in [-0.25, -0.2) is 0 Å². The third kappa shape index (κ3) is 3.60. The van der Waals surface area contributed by atoms with Gasteiger partial charge >= 0.3 is 6.18 Å². The zero-order chi connectivity index (χ0) is 11.5. The standard InChI is InChI=1S/C9H14BrF3O2/c1-7(9(11,12)13)15-8(6-10)2-4-14-5-3-8/h7H,2-6H2,1H3. The highest BCUT2D eigenvalue weighted by molar-refractivity contribution is 9.09. The number of ether oxygens (including phenoxy) is 2. The molecule has 0 bridgehead atoms. The minimum absolute atomic E-state index is 0.407. The third-order valence-corrected chi connectivity index (χ3v) is 3.56. The molecule has 1 heterocycles. The van der Waals surface area contributed by atoms with Crippen molar-refractivity contribution in [1.29, 1.82) is 0 Å². The number of rotatable bonds is 3. The fraction of sp³-hybridized carbons (Fsp3) is 1.00. The van der Waals surface area contributed by atoms with Crippen LogP contribution in [0.2, 0.25) is 0 Å². The predicted octanol–water partition coefficient (Wildman–Crippen LogP) is 2.90. The van der Waals surface area contributed by atoms with Gasteiger partial charge < -0.3 is 9.47 Å². The molecule has 0 aromatic rings. The van der Waals surface area contributed by atoms with E-state index in [-0.39, 0.29) is 0 Å². The Kier molecular flexibility index (Phi) is 4.43. The first-order chi connectivity index (χ1) is 6.90. The number of hydrogen-bond acceptors (Lipinski definition) is 2. The minimum Gasteiger partial charge on any atom is -0.381 e. The van der Waals surface area contributed by atoms with Crippen molar-refractivity contribution < 1.29 is 22.6 Å². The lowest BCUT2D eigenvalue weighted by Crippen LogP contribution is -2.46. The third-order valence-electron chi connectivity index (χ3n) is 2.54. The first-order valence-electron chi connectivity index (χ1n) is 4.78. The van der Waals surface area contributed by atoms with Gasteiger partial charge in [-0.2, -0.15) is 13.2 Å². The highest BCUT2D eigenvalue weighted by atomic mass is 79.9. The second-order valence-electron chi connectivity index (χ2n) is 3.73. The van der Waals surface area contributed by atoms with E-state index in [1.54, 1.807) is 0 Å². The molecule has 15 heavy (non-hydrogen) atoms. The van der Waals surface area contributed by atoms with Crippen LogP contribution in [0.1, 0.15) is 19.8 Å². The van der Waals surface area contributed by atoms with Crippen molar-refractivity contribution in [3.63, 3.8) is 0 Å². The summed E-state index contributed by atoms with van der Waals surface area (Å²) in [6.45, 7) is 1.95. The van der Waals surface area contributed by atoms with E-state index in [1.807, 2.05) is 0 Å². The van der Waals surface area contributed by atoms with Crippen LogP contribution >= 0.6 is 15.9 Å². The van der Waals surface area contributed by atoms with Crippen molar-refractivity contribution in [3.05, 3.63) is 0 Å². The van der Waals surface area contributed by atoms with E-state index >= 15 is 0 Å². The average Bonchev–Trinajstić information content (AvgIpc) is 2.18. The molecule has 0 N–H and O–H groups in total. The van der Waals surface area contributed by atoms with Gasteiger partial charge in [0.2, 0.25) is 0 Å². The molecule has 1 aliphatic rings. The molecule has 1 fully saturated rings. The number of halogens is 4. The molecule has 6 heteroatoms. The summed E-state index contributed by atoms with van der Waals surface area (Å²) in [7, 11) is 0. The van der Waals surface area contributed by atoms with Gasteiger partial charge in [-0.3, -0.25) is 0 Å². The Balaban J connectivity index is 2.59. The van der Waals surface area contributed by atoms with E-state index in [9.17, 15) is 13.2 Å². The summed E-state index contributed by atoms with van der Waals surface area (Å²) < 4.78 is 47.3. The van der Waals surface area contributed by atoms with Crippen molar-refractivity contribution in [2.45, 2.75) is 37.6 Å². The summed E-state index contributed by atoms with van der Waals surface area (Å²) in [6.07, 6.45) is -5.03. The Hall–Kier alpha value is 0.190. The maximum Gasteiger partial charge on any atom is 0.414 e. The summed E-state index contributed by atoms with van der Waals surface area (Å²) in [5.41, 5.74) is -0.729. The van der Waals surface area contributed by atoms with Crippen LogP contribution in [0.5, 0.6) is 0 Å². The Labute approximate surface area is 95.2 Å². The highest BCUT2D eigenvalue weighted by Crippen LogP contribution is 2.33. The summed E-state index contributed by atoms with van der Waals surface area (Å²) in [5.74, 6) is 0. The van der Waals surface area contributed by atoms with Gasteiger partial charge in [0, 0.05) is 31.4 Å². The van der Waals surface area contributed by atoms with Gasteiger partial charge in [-0.1, -0.05) is 15.9 Å². The molecule has 90 valence electrons. The predicted molar refractivity (Wildman–Crippen MR) is 53.2 cm³/mol. The topological polar surface area (TPSA) is 18.5 Å². The highest BCUT2D eigenvalue weighted by Gasteiger charge is 2.43. The lowest BCUT2D eigenvalue weighted by atomic mass is 9.96.